The molecule has 1 heterocycles. The molecule has 0 aliphatic rings. The first-order valence-corrected chi connectivity index (χ1v) is 5.91. The molecule has 1 aromatic rings. The molecular weight excluding hydrogens is 232 g/mol. The summed E-state index contributed by atoms with van der Waals surface area (Å²) in [6.45, 7) is 5.51. The van der Waals surface area contributed by atoms with Gasteiger partial charge < -0.3 is 15.3 Å². The Morgan fingerprint density at radius 1 is 1.67 bits per heavy atom. The van der Waals surface area contributed by atoms with Crippen LogP contribution in [0.15, 0.2) is 12.4 Å². The summed E-state index contributed by atoms with van der Waals surface area (Å²) in [7, 11) is 3.49. The molecule has 1 atom stereocenters. The van der Waals surface area contributed by atoms with Crippen LogP contribution in [0.1, 0.15) is 32.4 Å². The van der Waals surface area contributed by atoms with Gasteiger partial charge in [-0.1, -0.05) is 0 Å². The van der Waals surface area contributed by atoms with Crippen LogP contribution < -0.4 is 5.32 Å². The van der Waals surface area contributed by atoms with Gasteiger partial charge in [-0.05, 0) is 20.8 Å². The van der Waals surface area contributed by atoms with E-state index in [1.165, 1.54) is 4.90 Å². The average Bonchev–Trinajstić information content (AvgIpc) is 2.62. The van der Waals surface area contributed by atoms with Gasteiger partial charge >= 0.3 is 6.03 Å². The lowest BCUT2D eigenvalue weighted by Crippen LogP contribution is -2.45. The summed E-state index contributed by atoms with van der Waals surface area (Å²) in [5.74, 6) is 0. The first-order valence-electron chi connectivity index (χ1n) is 5.91. The van der Waals surface area contributed by atoms with Crippen molar-refractivity contribution in [3.63, 3.8) is 0 Å². The summed E-state index contributed by atoms with van der Waals surface area (Å²) >= 11 is 0. The number of hydrogen-bond acceptors (Lipinski definition) is 3. The molecule has 0 fully saturated rings. The fourth-order valence-corrected chi connectivity index (χ4v) is 1.69. The van der Waals surface area contributed by atoms with Crippen LogP contribution in [0.2, 0.25) is 0 Å². The van der Waals surface area contributed by atoms with Crippen molar-refractivity contribution >= 4 is 6.03 Å². The van der Waals surface area contributed by atoms with Crippen LogP contribution in [0.5, 0.6) is 0 Å². The Balaban J connectivity index is 2.54. The Bertz CT molecular complexity index is 408. The fraction of sp³-hybridized carbons (Fsp3) is 0.667. The largest absolute Gasteiger partial charge is 0.389 e. The van der Waals surface area contributed by atoms with Crippen LogP contribution >= 0.6 is 0 Å². The highest BCUT2D eigenvalue weighted by Crippen LogP contribution is 2.11. The summed E-state index contributed by atoms with van der Waals surface area (Å²) in [4.78, 5) is 13.4. The van der Waals surface area contributed by atoms with Crippen LogP contribution in [0.4, 0.5) is 4.79 Å². The summed E-state index contributed by atoms with van der Waals surface area (Å²) < 4.78 is 1.69. The van der Waals surface area contributed by atoms with Crippen LogP contribution in [-0.4, -0.2) is 45.0 Å². The predicted molar refractivity (Wildman–Crippen MR) is 69.1 cm³/mol. The van der Waals surface area contributed by atoms with Crippen molar-refractivity contribution in [3.8, 4) is 0 Å². The molecule has 102 valence electrons. The van der Waals surface area contributed by atoms with E-state index in [9.17, 15) is 9.90 Å². The lowest BCUT2D eigenvalue weighted by atomic mass is 10.1. The van der Waals surface area contributed by atoms with E-state index < -0.39 is 5.60 Å². The van der Waals surface area contributed by atoms with Crippen LogP contribution in [0.25, 0.3) is 0 Å². The number of amides is 2. The van der Waals surface area contributed by atoms with E-state index in [1.54, 1.807) is 31.8 Å². The van der Waals surface area contributed by atoms with E-state index >= 15 is 0 Å². The molecule has 1 rings (SSSR count). The van der Waals surface area contributed by atoms with Gasteiger partial charge in [-0.3, -0.25) is 4.68 Å². The number of carbonyl (C=O) groups is 1. The van der Waals surface area contributed by atoms with Gasteiger partial charge in [0.1, 0.15) is 0 Å². The third kappa shape index (κ3) is 4.37. The smallest absolute Gasteiger partial charge is 0.317 e. The van der Waals surface area contributed by atoms with Crippen molar-refractivity contribution in [1.29, 1.82) is 0 Å². The van der Waals surface area contributed by atoms with E-state index in [0.29, 0.717) is 0 Å². The maximum Gasteiger partial charge on any atom is 0.317 e. The molecule has 2 amide bonds. The zero-order valence-corrected chi connectivity index (χ0v) is 11.6. The van der Waals surface area contributed by atoms with Crippen molar-refractivity contribution in [1.82, 2.24) is 20.0 Å². The van der Waals surface area contributed by atoms with Crippen LogP contribution in [0, 0.1) is 0 Å². The van der Waals surface area contributed by atoms with Gasteiger partial charge in [0.15, 0.2) is 0 Å². The minimum Gasteiger partial charge on any atom is -0.389 e. The summed E-state index contributed by atoms with van der Waals surface area (Å²) in [5.41, 5.74) is 0.0476. The minimum atomic E-state index is -0.899. The molecule has 18 heavy (non-hydrogen) atoms. The highest BCUT2D eigenvalue weighted by molar-refractivity contribution is 5.74. The highest BCUT2D eigenvalue weighted by Gasteiger charge is 2.20. The van der Waals surface area contributed by atoms with Crippen LogP contribution in [0.3, 0.4) is 0 Å². The molecule has 0 aliphatic carbocycles. The molecule has 1 unspecified atom stereocenters. The fourth-order valence-electron chi connectivity index (χ4n) is 1.69. The number of nitrogens with zero attached hydrogens (tertiary/aromatic N) is 3. The molecule has 2 N–H and O–H groups in total. The van der Waals surface area contributed by atoms with Gasteiger partial charge in [0.05, 0.1) is 24.4 Å². The van der Waals surface area contributed by atoms with Gasteiger partial charge in [-0.25, -0.2) is 4.79 Å². The lowest BCUT2D eigenvalue weighted by Gasteiger charge is -2.27. The number of aromatic nitrogens is 2. The molecule has 0 spiro atoms. The number of aliphatic hydroxyl groups is 1. The van der Waals surface area contributed by atoms with Crippen molar-refractivity contribution < 1.29 is 9.90 Å². The number of nitrogens with one attached hydrogen (secondary N) is 1. The monoisotopic (exact) mass is 254 g/mol. The molecule has 0 radical (unpaired) electrons. The molecule has 0 aromatic carbocycles. The number of hydrogen-bond donors (Lipinski definition) is 2. The molecule has 1 aromatic heterocycles. The molecule has 6 heteroatoms. The first kappa shape index (κ1) is 14.5. The highest BCUT2D eigenvalue weighted by atomic mass is 16.3. The van der Waals surface area contributed by atoms with Crippen molar-refractivity contribution in [2.45, 2.75) is 32.4 Å². The Morgan fingerprint density at radius 3 is 2.72 bits per heavy atom. The molecule has 0 bridgehead atoms. The Labute approximate surface area is 108 Å². The summed E-state index contributed by atoms with van der Waals surface area (Å²) in [5, 5.41) is 16.6. The third-order valence-electron chi connectivity index (χ3n) is 2.54. The number of rotatable bonds is 4. The Morgan fingerprint density at radius 2 is 2.28 bits per heavy atom. The molecule has 0 saturated carbocycles. The number of carbonyl (C=O) groups excluding carboxylic acids is 1. The normalized spacial score (nSPS) is 13.2. The van der Waals surface area contributed by atoms with Crippen molar-refractivity contribution in [2.75, 3.05) is 13.6 Å². The molecular formula is C12H22N4O2. The Hall–Kier alpha value is -1.56. The minimum absolute atomic E-state index is 0.115. The second kappa shape index (κ2) is 5.39. The van der Waals surface area contributed by atoms with Gasteiger partial charge in [0, 0.05) is 25.9 Å². The van der Waals surface area contributed by atoms with Gasteiger partial charge in [-0.15, -0.1) is 0 Å². The molecule has 0 aliphatic heterocycles. The summed E-state index contributed by atoms with van der Waals surface area (Å²) in [6, 6.07) is -0.330. The van der Waals surface area contributed by atoms with Gasteiger partial charge in [-0.2, -0.15) is 5.10 Å². The standard InChI is InChI=1S/C12H22N4O2/c1-9(10-6-13-16(5)7-10)14-11(17)15(4)8-12(2,3)18/h6-7,9,18H,8H2,1-5H3,(H,14,17). The maximum atomic E-state index is 11.9. The lowest BCUT2D eigenvalue weighted by molar-refractivity contribution is 0.0528. The second-order valence-electron chi connectivity index (χ2n) is 5.29. The van der Waals surface area contributed by atoms with E-state index in [4.69, 9.17) is 0 Å². The molecule has 6 nitrogen and oxygen atoms in total. The maximum absolute atomic E-state index is 11.9. The first-order chi connectivity index (χ1) is 8.19. The topological polar surface area (TPSA) is 70.4 Å². The SMILES string of the molecule is CC(NC(=O)N(C)CC(C)(C)O)c1cnn(C)c1. The zero-order valence-electron chi connectivity index (χ0n) is 11.6. The predicted octanol–water partition coefficient (Wildman–Crippen LogP) is 0.893. The average molecular weight is 254 g/mol. The Kier molecular flexibility index (Phi) is 4.34. The summed E-state index contributed by atoms with van der Waals surface area (Å²) in [6.07, 6.45) is 3.59. The second-order valence-corrected chi connectivity index (χ2v) is 5.29. The third-order valence-corrected chi connectivity index (χ3v) is 2.54. The van der Waals surface area contributed by atoms with E-state index in [-0.39, 0.29) is 18.6 Å². The van der Waals surface area contributed by atoms with Crippen molar-refractivity contribution in [3.05, 3.63) is 18.0 Å². The van der Waals surface area contributed by atoms with E-state index in [1.807, 2.05) is 20.2 Å². The molecule has 0 saturated heterocycles. The van der Waals surface area contributed by atoms with Crippen molar-refractivity contribution in [2.24, 2.45) is 7.05 Å². The van der Waals surface area contributed by atoms with E-state index in [0.717, 1.165) is 5.56 Å². The zero-order chi connectivity index (χ0) is 13.9. The quantitative estimate of drug-likeness (QED) is 0.838. The van der Waals surface area contributed by atoms with Gasteiger partial charge in [0.2, 0.25) is 0 Å². The number of aryl methyl sites for hydroxylation is 1. The van der Waals surface area contributed by atoms with E-state index in [2.05, 4.69) is 10.4 Å². The number of likely N-dealkylation sites (N-methyl/N-ethyl adjacent to an activating group) is 1. The van der Waals surface area contributed by atoms with Crippen LogP contribution in [-0.2, 0) is 7.05 Å². The number of urea groups is 1. The van der Waals surface area contributed by atoms with Gasteiger partial charge in [0.25, 0.3) is 0 Å².